The zero-order chi connectivity index (χ0) is 36.8. The van der Waals surface area contributed by atoms with Crippen molar-refractivity contribution in [2.24, 2.45) is 0 Å². The van der Waals surface area contributed by atoms with Crippen LogP contribution >= 0.6 is 0 Å². The van der Waals surface area contributed by atoms with E-state index in [0.717, 1.165) is 23.3 Å². The van der Waals surface area contributed by atoms with E-state index in [1.54, 1.807) is 60.7 Å². The summed E-state index contributed by atoms with van der Waals surface area (Å²) in [6.45, 7) is 9.57. The molecule has 0 aliphatic rings. The normalized spacial score (nSPS) is 10.7. The largest absolute Gasteiger partial charge is 0.494 e. The van der Waals surface area contributed by atoms with Crippen molar-refractivity contribution in [1.29, 1.82) is 0 Å². The molecular weight excluding hydrogens is 654 g/mol. The number of Topliss-reactive ketones (excluding diaryl/α,β-unsaturated/α-hetero) is 1. The standard InChI is InChI=1S/C40H41NO10/c1-4-38(44)49-26-8-6-24-47-32-16-10-30(11-17-32)14-22-37(43)41-36-21-20-34(28-35(36)29(3)42)51-40(46)23-15-31-12-18-33(19-13-31)48-25-7-9-27-50-39(45)5-2/h4-5,10-23,28H,1-2,6-9,24-27H2,3H3,(H,41,43). The fraction of sp³-hybridized carbons (Fsp3) is 0.225. The molecule has 1 amide bonds. The van der Waals surface area contributed by atoms with Crippen LogP contribution in [-0.4, -0.2) is 56.0 Å². The highest BCUT2D eigenvalue weighted by Gasteiger charge is 2.12. The van der Waals surface area contributed by atoms with Crippen LogP contribution in [0, 0.1) is 0 Å². The number of unbranched alkanes of at least 4 members (excludes halogenated alkanes) is 2. The molecular formula is C40H41NO10. The van der Waals surface area contributed by atoms with E-state index in [2.05, 4.69) is 18.5 Å². The van der Waals surface area contributed by atoms with Crippen molar-refractivity contribution in [3.63, 3.8) is 0 Å². The molecule has 0 spiro atoms. The fourth-order valence-corrected chi connectivity index (χ4v) is 4.25. The molecule has 0 aromatic heterocycles. The molecule has 11 nitrogen and oxygen atoms in total. The van der Waals surface area contributed by atoms with E-state index < -0.39 is 23.8 Å². The smallest absolute Gasteiger partial charge is 0.336 e. The van der Waals surface area contributed by atoms with E-state index >= 15 is 0 Å². The predicted molar refractivity (Wildman–Crippen MR) is 193 cm³/mol. The molecule has 3 aromatic rings. The van der Waals surface area contributed by atoms with Crippen LogP contribution in [0.3, 0.4) is 0 Å². The first kappa shape index (κ1) is 39.2. The number of hydrogen-bond acceptors (Lipinski definition) is 10. The maximum absolute atomic E-state index is 12.6. The topological polar surface area (TPSA) is 144 Å². The number of carbonyl (C=O) groups is 5. The molecule has 51 heavy (non-hydrogen) atoms. The van der Waals surface area contributed by atoms with Gasteiger partial charge >= 0.3 is 17.9 Å². The fourth-order valence-electron chi connectivity index (χ4n) is 4.25. The highest BCUT2D eigenvalue weighted by atomic mass is 16.5. The van der Waals surface area contributed by atoms with Gasteiger partial charge in [-0.15, -0.1) is 0 Å². The van der Waals surface area contributed by atoms with Gasteiger partial charge in [0.15, 0.2) is 5.78 Å². The first-order valence-corrected chi connectivity index (χ1v) is 16.2. The van der Waals surface area contributed by atoms with Gasteiger partial charge in [-0.05, 0) is 98.4 Å². The maximum Gasteiger partial charge on any atom is 0.336 e. The number of nitrogens with one attached hydrogen (secondary N) is 1. The summed E-state index contributed by atoms with van der Waals surface area (Å²) < 4.78 is 26.6. The van der Waals surface area contributed by atoms with Gasteiger partial charge in [0.25, 0.3) is 0 Å². The van der Waals surface area contributed by atoms with Crippen LogP contribution in [0.4, 0.5) is 5.69 Å². The number of amides is 1. The Bertz CT molecular complexity index is 1720. The van der Waals surface area contributed by atoms with Gasteiger partial charge in [0.2, 0.25) is 5.91 Å². The third-order valence-electron chi connectivity index (χ3n) is 6.88. The molecule has 3 aromatic carbocycles. The van der Waals surface area contributed by atoms with E-state index in [1.807, 2.05) is 0 Å². The van der Waals surface area contributed by atoms with Crippen molar-refractivity contribution in [2.75, 3.05) is 31.7 Å². The Morgan fingerprint density at radius 1 is 0.608 bits per heavy atom. The number of hydrogen-bond donors (Lipinski definition) is 1. The molecule has 0 unspecified atom stereocenters. The lowest BCUT2D eigenvalue weighted by Gasteiger charge is -2.10. The summed E-state index contributed by atoms with van der Waals surface area (Å²) in [4.78, 5) is 59.6. The lowest BCUT2D eigenvalue weighted by atomic mass is 10.1. The van der Waals surface area contributed by atoms with Gasteiger partial charge in [-0.25, -0.2) is 14.4 Å². The summed E-state index contributed by atoms with van der Waals surface area (Å²) in [5.74, 6) is -0.853. The second-order valence-electron chi connectivity index (χ2n) is 10.8. The number of carbonyl (C=O) groups excluding carboxylic acids is 5. The Hall–Kier alpha value is -6.23. The Balaban J connectivity index is 1.44. The molecule has 0 aliphatic carbocycles. The van der Waals surface area contributed by atoms with Crippen LogP contribution < -0.4 is 19.5 Å². The lowest BCUT2D eigenvalue weighted by Crippen LogP contribution is -2.12. The first-order chi connectivity index (χ1) is 24.7. The zero-order valence-electron chi connectivity index (χ0n) is 28.5. The van der Waals surface area contributed by atoms with Crippen molar-refractivity contribution in [2.45, 2.75) is 32.6 Å². The SMILES string of the molecule is C=CC(=O)OCCCCOc1ccc(C=CC(=O)Nc2ccc(OC(=O)C=Cc3ccc(OCCCCOC(=O)C=C)cc3)cc2C(C)=O)cc1. The third kappa shape index (κ3) is 15.2. The van der Waals surface area contributed by atoms with Gasteiger partial charge in [0, 0.05) is 29.9 Å². The first-order valence-electron chi connectivity index (χ1n) is 16.2. The van der Waals surface area contributed by atoms with Gasteiger partial charge in [0.05, 0.1) is 32.1 Å². The van der Waals surface area contributed by atoms with E-state index in [0.29, 0.717) is 63.6 Å². The molecule has 0 bridgehead atoms. The maximum atomic E-state index is 12.6. The summed E-state index contributed by atoms with van der Waals surface area (Å²) in [5.41, 5.74) is 1.96. The van der Waals surface area contributed by atoms with Gasteiger partial charge < -0.3 is 29.0 Å². The monoisotopic (exact) mass is 695 g/mol. The van der Waals surface area contributed by atoms with Gasteiger partial charge in [0.1, 0.15) is 17.2 Å². The number of anilines is 1. The molecule has 0 aliphatic heterocycles. The number of esters is 3. The Morgan fingerprint density at radius 2 is 1.08 bits per heavy atom. The number of ketones is 1. The third-order valence-corrected chi connectivity index (χ3v) is 6.88. The van der Waals surface area contributed by atoms with Gasteiger partial charge in [-0.3, -0.25) is 9.59 Å². The van der Waals surface area contributed by atoms with Crippen molar-refractivity contribution < 1.29 is 47.7 Å². The van der Waals surface area contributed by atoms with Crippen molar-refractivity contribution >= 4 is 47.4 Å². The van der Waals surface area contributed by atoms with E-state index in [1.165, 1.54) is 37.3 Å². The van der Waals surface area contributed by atoms with Crippen LogP contribution in [0.15, 0.2) is 104 Å². The van der Waals surface area contributed by atoms with Crippen LogP contribution in [0.5, 0.6) is 17.2 Å². The minimum Gasteiger partial charge on any atom is -0.494 e. The van der Waals surface area contributed by atoms with E-state index in [-0.39, 0.29) is 22.8 Å². The van der Waals surface area contributed by atoms with Crippen LogP contribution in [0.2, 0.25) is 0 Å². The molecule has 3 rings (SSSR count). The summed E-state index contributed by atoms with van der Waals surface area (Å²) in [7, 11) is 0. The Labute approximate surface area is 297 Å². The highest BCUT2D eigenvalue weighted by molar-refractivity contribution is 6.08. The number of benzene rings is 3. The molecule has 1 N–H and O–H groups in total. The second-order valence-corrected chi connectivity index (χ2v) is 10.8. The molecule has 0 atom stereocenters. The minimum absolute atomic E-state index is 0.143. The lowest BCUT2D eigenvalue weighted by molar-refractivity contribution is -0.138. The Morgan fingerprint density at radius 3 is 1.57 bits per heavy atom. The number of rotatable bonds is 21. The van der Waals surface area contributed by atoms with E-state index in [9.17, 15) is 24.0 Å². The van der Waals surface area contributed by atoms with Crippen molar-refractivity contribution in [1.82, 2.24) is 0 Å². The average molecular weight is 696 g/mol. The van der Waals surface area contributed by atoms with Crippen LogP contribution in [0.25, 0.3) is 12.2 Å². The van der Waals surface area contributed by atoms with Crippen LogP contribution in [-0.2, 0) is 28.7 Å². The molecule has 11 heteroatoms. The second kappa shape index (κ2) is 21.7. The van der Waals surface area contributed by atoms with Gasteiger partial charge in [-0.1, -0.05) is 37.4 Å². The molecule has 0 saturated carbocycles. The van der Waals surface area contributed by atoms with Crippen molar-refractivity contribution in [3.05, 3.63) is 121 Å². The molecule has 0 radical (unpaired) electrons. The predicted octanol–water partition coefficient (Wildman–Crippen LogP) is 6.94. The highest BCUT2D eigenvalue weighted by Crippen LogP contribution is 2.24. The summed E-state index contributed by atoms with van der Waals surface area (Å²) in [6, 6.07) is 18.7. The molecule has 0 heterocycles. The number of ether oxygens (including phenoxy) is 5. The van der Waals surface area contributed by atoms with E-state index in [4.69, 9.17) is 23.7 Å². The van der Waals surface area contributed by atoms with Crippen LogP contribution in [0.1, 0.15) is 54.1 Å². The molecule has 0 fully saturated rings. The summed E-state index contributed by atoms with van der Waals surface area (Å²) in [6.07, 6.45) is 10.8. The van der Waals surface area contributed by atoms with Crippen molar-refractivity contribution in [3.8, 4) is 17.2 Å². The minimum atomic E-state index is -0.648. The Kier molecular flexibility index (Phi) is 16.7. The average Bonchev–Trinajstić information content (AvgIpc) is 3.13. The quantitative estimate of drug-likeness (QED) is 0.0409. The molecule has 0 saturated heterocycles. The molecule has 266 valence electrons. The zero-order valence-corrected chi connectivity index (χ0v) is 28.5. The van der Waals surface area contributed by atoms with Gasteiger partial charge in [-0.2, -0.15) is 0 Å². The summed E-state index contributed by atoms with van der Waals surface area (Å²) in [5, 5.41) is 2.69. The summed E-state index contributed by atoms with van der Waals surface area (Å²) >= 11 is 0.